The van der Waals surface area contributed by atoms with E-state index in [-0.39, 0.29) is 5.69 Å². The van der Waals surface area contributed by atoms with Gasteiger partial charge in [0, 0.05) is 50.6 Å². The molecular weight excluding hydrogens is 490 g/mol. The Morgan fingerprint density at radius 2 is 1.84 bits per heavy atom. The van der Waals surface area contributed by atoms with Crippen LogP contribution >= 0.6 is 0 Å². The summed E-state index contributed by atoms with van der Waals surface area (Å²) in [6.45, 7) is 9.91. The Balaban J connectivity index is 1.45. The van der Waals surface area contributed by atoms with E-state index >= 15 is 0 Å². The average molecular weight is 521 g/mol. The molecule has 1 N–H and O–H groups in total. The first-order valence-electron chi connectivity index (χ1n) is 11.9. The lowest BCUT2D eigenvalue weighted by Gasteiger charge is -2.50. The maximum Gasteiger partial charge on any atom is 0.498 e. The van der Waals surface area contributed by atoms with Crippen LogP contribution in [-0.4, -0.2) is 82.5 Å². The van der Waals surface area contributed by atoms with Gasteiger partial charge in [-0.3, -0.25) is 9.48 Å². The lowest BCUT2D eigenvalue weighted by Crippen LogP contribution is -2.63. The average Bonchev–Trinajstić information content (AvgIpc) is 3.35. The quantitative estimate of drug-likeness (QED) is 0.439. The number of aromatic nitrogens is 4. The summed E-state index contributed by atoms with van der Waals surface area (Å²) in [5.74, 6) is -0.435. The molecule has 14 heteroatoms. The van der Waals surface area contributed by atoms with Gasteiger partial charge in [0.25, 0.3) is 5.91 Å². The summed E-state index contributed by atoms with van der Waals surface area (Å²) >= 11 is 0. The Kier molecular flexibility index (Phi) is 6.86. The summed E-state index contributed by atoms with van der Waals surface area (Å²) in [7, 11) is 1.18. The molecular formula is C23H31BF3N7O3. The molecule has 0 aromatic carbocycles. The summed E-state index contributed by atoms with van der Waals surface area (Å²) in [6, 6.07) is -1.99. The van der Waals surface area contributed by atoms with Crippen LogP contribution in [0.4, 0.5) is 19.0 Å². The molecule has 2 aromatic heterocycles. The van der Waals surface area contributed by atoms with Gasteiger partial charge in [-0.1, -0.05) is 0 Å². The van der Waals surface area contributed by atoms with Crippen molar-refractivity contribution >= 4 is 30.5 Å². The fourth-order valence-corrected chi connectivity index (χ4v) is 4.11. The molecule has 0 radical (unpaired) electrons. The molecule has 2 aromatic rings. The van der Waals surface area contributed by atoms with Crippen molar-refractivity contribution in [2.24, 2.45) is 4.99 Å². The summed E-state index contributed by atoms with van der Waals surface area (Å²) in [5, 5.41) is 6.48. The highest BCUT2D eigenvalue weighted by atomic mass is 19.4. The van der Waals surface area contributed by atoms with Gasteiger partial charge in [-0.05, 0) is 34.6 Å². The molecule has 0 aliphatic carbocycles. The number of nitrogens with one attached hydrogen (secondary N) is 1. The maximum absolute atomic E-state index is 12.7. The second kappa shape index (κ2) is 9.39. The predicted molar refractivity (Wildman–Crippen MR) is 132 cm³/mol. The van der Waals surface area contributed by atoms with E-state index in [1.54, 1.807) is 13.2 Å². The first kappa shape index (κ1) is 27.1. The molecule has 2 aliphatic heterocycles. The molecule has 2 saturated heterocycles. The van der Waals surface area contributed by atoms with Crippen LogP contribution in [0.25, 0.3) is 0 Å². The van der Waals surface area contributed by atoms with Gasteiger partial charge in [-0.25, -0.2) is 9.97 Å². The fourth-order valence-electron chi connectivity index (χ4n) is 4.11. The molecule has 0 spiro atoms. The normalized spacial score (nSPS) is 21.2. The number of carbonyl (C=O) groups excluding carboxylic acids is 1. The van der Waals surface area contributed by atoms with Gasteiger partial charge in [0.05, 0.1) is 23.6 Å². The van der Waals surface area contributed by atoms with E-state index in [0.29, 0.717) is 25.3 Å². The number of amides is 1. The minimum atomic E-state index is -4.54. The first-order chi connectivity index (χ1) is 17.2. The third-order valence-electron chi connectivity index (χ3n) is 7.27. The molecule has 2 aliphatic rings. The van der Waals surface area contributed by atoms with Crippen LogP contribution < -0.4 is 15.7 Å². The third-order valence-corrected chi connectivity index (χ3v) is 7.27. The highest BCUT2D eigenvalue weighted by Gasteiger charge is 2.53. The lowest BCUT2D eigenvalue weighted by molar-refractivity contribution is -0.149. The Morgan fingerprint density at radius 1 is 1.19 bits per heavy atom. The molecule has 1 amide bonds. The number of hydrogen-bond donors (Lipinski definition) is 1. The predicted octanol–water partition coefficient (Wildman–Crippen LogP) is 1.96. The van der Waals surface area contributed by atoms with Gasteiger partial charge in [0.1, 0.15) is 23.1 Å². The number of carbonyl (C=O) groups is 1. The number of halogens is 3. The van der Waals surface area contributed by atoms with Gasteiger partial charge in [0.2, 0.25) is 0 Å². The van der Waals surface area contributed by atoms with Crippen LogP contribution in [0.3, 0.4) is 0 Å². The smallest absolute Gasteiger partial charge is 0.399 e. The molecule has 10 nitrogen and oxygen atoms in total. The van der Waals surface area contributed by atoms with E-state index in [1.807, 2.05) is 55.0 Å². The van der Waals surface area contributed by atoms with Gasteiger partial charge in [-0.2, -0.15) is 18.3 Å². The Morgan fingerprint density at radius 3 is 2.38 bits per heavy atom. The molecule has 0 unspecified atom stereocenters. The topological polar surface area (TPSA) is 107 Å². The zero-order valence-electron chi connectivity index (χ0n) is 21.7. The monoisotopic (exact) mass is 521 g/mol. The second-order valence-electron chi connectivity index (χ2n) is 10.5. The summed E-state index contributed by atoms with van der Waals surface area (Å²) < 4.78 is 52.3. The minimum Gasteiger partial charge on any atom is -0.399 e. The largest absolute Gasteiger partial charge is 0.498 e. The van der Waals surface area contributed by atoms with Gasteiger partial charge in [-0.15, -0.1) is 0 Å². The molecule has 37 heavy (non-hydrogen) atoms. The van der Waals surface area contributed by atoms with Crippen molar-refractivity contribution in [2.75, 3.05) is 25.0 Å². The Bertz CT molecular complexity index is 1150. The van der Waals surface area contributed by atoms with Gasteiger partial charge >= 0.3 is 13.3 Å². The van der Waals surface area contributed by atoms with Crippen molar-refractivity contribution in [3.63, 3.8) is 0 Å². The Labute approximate surface area is 213 Å². The Hall–Kier alpha value is -3.00. The van der Waals surface area contributed by atoms with Crippen LogP contribution in [0.2, 0.25) is 0 Å². The number of aliphatic imine (C=N–C) groups is 1. The van der Waals surface area contributed by atoms with Gasteiger partial charge in [0.15, 0.2) is 0 Å². The van der Waals surface area contributed by atoms with Crippen LogP contribution in [-0.2, 0) is 14.8 Å². The SMILES string of the molecule is C/N=C\CC1(n2cc(B3OC(C)(C)C(C)(C)O3)cn2)CN(c2cnc(C(=O)N[C@@H](C)C(F)(F)F)cn2)C1. The number of alkyl halides is 3. The third kappa shape index (κ3) is 5.21. The molecule has 200 valence electrons. The van der Waals surface area contributed by atoms with E-state index in [9.17, 15) is 18.0 Å². The van der Waals surface area contributed by atoms with Crippen LogP contribution in [0.5, 0.6) is 0 Å². The van der Waals surface area contributed by atoms with E-state index in [1.165, 1.54) is 12.4 Å². The van der Waals surface area contributed by atoms with Crippen LogP contribution in [0.15, 0.2) is 29.8 Å². The van der Waals surface area contributed by atoms with Crippen molar-refractivity contribution in [3.05, 3.63) is 30.5 Å². The first-order valence-corrected chi connectivity index (χ1v) is 11.9. The summed E-state index contributed by atoms with van der Waals surface area (Å²) in [4.78, 5) is 26.4. The fraction of sp³-hybridized carbons (Fsp3) is 0.609. The summed E-state index contributed by atoms with van der Waals surface area (Å²) in [6.07, 6.45) is 4.12. The zero-order valence-corrected chi connectivity index (χ0v) is 21.7. The van der Waals surface area contributed by atoms with Crippen molar-refractivity contribution < 1.29 is 27.3 Å². The molecule has 0 bridgehead atoms. The van der Waals surface area contributed by atoms with Crippen LogP contribution in [0.1, 0.15) is 51.5 Å². The summed E-state index contributed by atoms with van der Waals surface area (Å²) in [5.41, 5.74) is -0.712. The lowest BCUT2D eigenvalue weighted by atomic mass is 9.81. The highest BCUT2D eigenvalue weighted by molar-refractivity contribution is 6.62. The van der Waals surface area contributed by atoms with Crippen LogP contribution in [0, 0.1) is 0 Å². The van der Waals surface area contributed by atoms with E-state index in [2.05, 4.69) is 20.1 Å². The van der Waals surface area contributed by atoms with Crippen molar-refractivity contribution in [2.45, 2.75) is 70.0 Å². The zero-order chi connectivity index (χ0) is 27.2. The standard InChI is InChI=1S/C23H31BF3N7O3/c1-15(23(25,26)27)32-19(35)17-10-30-18(11-29-17)33-13-22(14-33,7-8-28-6)34-12-16(9-31-34)24-36-20(2,3)21(4,5)37-24/h8-12,15H,7,13-14H2,1-6H3,(H,32,35)/b28-8-/t15-/m0/s1. The molecule has 4 rings (SSSR count). The number of nitrogens with zero attached hydrogens (tertiary/aromatic N) is 6. The van der Waals surface area contributed by atoms with Crippen molar-refractivity contribution in [3.8, 4) is 0 Å². The van der Waals surface area contributed by atoms with E-state index < -0.39 is 42.0 Å². The molecule has 1 atom stereocenters. The maximum atomic E-state index is 12.7. The number of hydrogen-bond acceptors (Lipinski definition) is 8. The van der Waals surface area contributed by atoms with Crippen molar-refractivity contribution in [1.82, 2.24) is 25.1 Å². The number of rotatable bonds is 7. The second-order valence-corrected chi connectivity index (χ2v) is 10.5. The van der Waals surface area contributed by atoms with E-state index in [4.69, 9.17) is 9.31 Å². The molecule has 2 fully saturated rings. The molecule has 0 saturated carbocycles. The number of anilines is 1. The van der Waals surface area contributed by atoms with E-state index in [0.717, 1.165) is 12.4 Å². The molecule has 4 heterocycles. The highest BCUT2D eigenvalue weighted by Crippen LogP contribution is 2.37. The minimum absolute atomic E-state index is 0.191. The van der Waals surface area contributed by atoms with Crippen molar-refractivity contribution in [1.29, 1.82) is 0 Å². The van der Waals surface area contributed by atoms with Gasteiger partial charge < -0.3 is 24.5 Å².